The van der Waals surface area contributed by atoms with E-state index in [0.29, 0.717) is 15.7 Å². The third kappa shape index (κ3) is 5.60. The van der Waals surface area contributed by atoms with Crippen molar-refractivity contribution in [2.75, 3.05) is 18.4 Å². The van der Waals surface area contributed by atoms with Crippen LogP contribution >= 0.6 is 23.2 Å². The molecule has 1 saturated heterocycles. The largest absolute Gasteiger partial charge is 0.453 e. The number of nitrogens with one attached hydrogen (secondary N) is 2. The lowest BCUT2D eigenvalue weighted by Gasteiger charge is -2.15. The van der Waals surface area contributed by atoms with Crippen LogP contribution in [-0.4, -0.2) is 47.9 Å². The average Bonchev–Trinajstić information content (AvgIpc) is 2.85. The van der Waals surface area contributed by atoms with Crippen LogP contribution < -0.4 is 10.6 Å². The number of urea groups is 1. The molecule has 2 rings (SSSR count). The number of benzene rings is 1. The number of anilines is 1. The maximum absolute atomic E-state index is 12.1. The Morgan fingerprint density at radius 1 is 1.27 bits per heavy atom. The van der Waals surface area contributed by atoms with Crippen LogP contribution in [-0.2, 0) is 19.1 Å². The van der Waals surface area contributed by atoms with Crippen LogP contribution in [0.2, 0.25) is 10.0 Å². The number of imide groups is 1. The van der Waals surface area contributed by atoms with Crippen molar-refractivity contribution < 1.29 is 23.9 Å². The maximum Gasteiger partial charge on any atom is 0.324 e. The topological polar surface area (TPSA) is 105 Å². The minimum absolute atomic E-state index is 0.0301. The molecule has 1 heterocycles. The molecule has 140 valence electrons. The first kappa shape index (κ1) is 20.0. The van der Waals surface area contributed by atoms with Crippen LogP contribution in [0, 0.1) is 0 Å². The highest BCUT2D eigenvalue weighted by molar-refractivity contribution is 6.35. The minimum Gasteiger partial charge on any atom is -0.453 e. The third-order valence-corrected chi connectivity index (χ3v) is 3.94. The van der Waals surface area contributed by atoms with Crippen molar-refractivity contribution >= 4 is 52.7 Å². The number of carbonyl (C=O) groups excluding carboxylic acids is 4. The van der Waals surface area contributed by atoms with Gasteiger partial charge < -0.3 is 15.4 Å². The number of halogens is 2. The third-order valence-electron chi connectivity index (χ3n) is 3.51. The van der Waals surface area contributed by atoms with Crippen LogP contribution in [0.5, 0.6) is 0 Å². The molecule has 8 nitrogen and oxygen atoms in total. The first-order valence-corrected chi connectivity index (χ1v) is 8.56. The molecule has 0 aromatic heterocycles. The molecular weight excluding hydrogens is 385 g/mol. The predicted molar refractivity (Wildman–Crippen MR) is 95.0 cm³/mol. The molecule has 1 aromatic carbocycles. The van der Waals surface area contributed by atoms with E-state index in [9.17, 15) is 19.2 Å². The van der Waals surface area contributed by atoms with Crippen LogP contribution in [0.25, 0.3) is 0 Å². The zero-order valence-corrected chi connectivity index (χ0v) is 15.4. The highest BCUT2D eigenvalue weighted by Crippen LogP contribution is 2.22. The van der Waals surface area contributed by atoms with E-state index in [-0.39, 0.29) is 31.8 Å². The highest BCUT2D eigenvalue weighted by Gasteiger charge is 2.28. The van der Waals surface area contributed by atoms with Crippen molar-refractivity contribution in [1.29, 1.82) is 0 Å². The van der Waals surface area contributed by atoms with E-state index in [1.165, 1.54) is 25.1 Å². The number of carbonyl (C=O) groups is 4. The normalized spacial score (nSPS) is 14.8. The number of hydrogen-bond acceptors (Lipinski definition) is 5. The summed E-state index contributed by atoms with van der Waals surface area (Å²) in [6, 6.07) is 4.07. The van der Waals surface area contributed by atoms with Gasteiger partial charge in [0.15, 0.2) is 6.10 Å². The molecule has 1 aliphatic heterocycles. The lowest BCUT2D eigenvalue weighted by molar-refractivity contribution is -0.153. The van der Waals surface area contributed by atoms with Gasteiger partial charge >= 0.3 is 12.0 Å². The molecule has 0 bridgehead atoms. The quantitative estimate of drug-likeness (QED) is 0.538. The molecule has 1 aliphatic rings. The van der Waals surface area contributed by atoms with E-state index in [1.54, 1.807) is 0 Å². The van der Waals surface area contributed by atoms with Crippen LogP contribution in [0.3, 0.4) is 0 Å². The van der Waals surface area contributed by atoms with Gasteiger partial charge in [-0.1, -0.05) is 23.2 Å². The van der Waals surface area contributed by atoms with Crippen molar-refractivity contribution in [1.82, 2.24) is 10.2 Å². The Balaban J connectivity index is 1.76. The van der Waals surface area contributed by atoms with Crippen molar-refractivity contribution in [2.45, 2.75) is 25.9 Å². The molecule has 4 amide bonds. The first-order valence-electron chi connectivity index (χ1n) is 7.81. The zero-order valence-electron chi connectivity index (χ0n) is 13.9. The SMILES string of the molecule is C[C@@H](OC(=O)CCCN1C(=O)CNC1=O)C(=O)Nc1cc(Cl)cc(Cl)c1. The van der Waals surface area contributed by atoms with Gasteiger partial charge in [0, 0.05) is 28.7 Å². The van der Waals surface area contributed by atoms with E-state index in [2.05, 4.69) is 10.6 Å². The molecule has 2 N–H and O–H groups in total. The molecule has 0 aliphatic carbocycles. The number of hydrogen-bond donors (Lipinski definition) is 2. The Hall–Kier alpha value is -2.32. The lowest BCUT2D eigenvalue weighted by Crippen LogP contribution is -2.33. The first-order chi connectivity index (χ1) is 12.3. The summed E-state index contributed by atoms with van der Waals surface area (Å²) in [5.41, 5.74) is 0.383. The summed E-state index contributed by atoms with van der Waals surface area (Å²) < 4.78 is 5.04. The summed E-state index contributed by atoms with van der Waals surface area (Å²) in [5.74, 6) is -1.48. The molecule has 0 saturated carbocycles. The Morgan fingerprint density at radius 2 is 1.92 bits per heavy atom. The second-order valence-electron chi connectivity index (χ2n) is 5.59. The Morgan fingerprint density at radius 3 is 2.50 bits per heavy atom. The van der Waals surface area contributed by atoms with Crippen molar-refractivity contribution in [3.05, 3.63) is 28.2 Å². The van der Waals surface area contributed by atoms with Gasteiger partial charge in [-0.3, -0.25) is 19.3 Å². The summed E-state index contributed by atoms with van der Waals surface area (Å²) in [6.07, 6.45) is -0.814. The minimum atomic E-state index is -1.03. The van der Waals surface area contributed by atoms with Gasteiger partial charge in [-0.2, -0.15) is 0 Å². The fourth-order valence-corrected chi connectivity index (χ4v) is 2.77. The molecule has 10 heteroatoms. The van der Waals surface area contributed by atoms with Gasteiger partial charge in [0.2, 0.25) is 5.91 Å². The van der Waals surface area contributed by atoms with Gasteiger partial charge in [-0.25, -0.2) is 4.79 Å². The van der Waals surface area contributed by atoms with Crippen LogP contribution in [0.4, 0.5) is 10.5 Å². The number of esters is 1. The van der Waals surface area contributed by atoms with Gasteiger partial charge in [-0.15, -0.1) is 0 Å². The smallest absolute Gasteiger partial charge is 0.324 e. The van der Waals surface area contributed by atoms with Crippen molar-refractivity contribution in [3.8, 4) is 0 Å². The standard InChI is InChI=1S/C16H17Cl2N3O5/c1-9(15(24)20-12-6-10(17)5-11(18)7-12)26-14(23)3-2-4-21-13(22)8-19-16(21)25/h5-7,9H,2-4,8H2,1H3,(H,19,25)(H,20,24)/t9-/m1/s1. The van der Waals surface area contributed by atoms with Gasteiger partial charge in [-0.05, 0) is 31.5 Å². The van der Waals surface area contributed by atoms with Gasteiger partial charge in [0.25, 0.3) is 5.91 Å². The summed E-state index contributed by atoms with van der Waals surface area (Å²) in [6.45, 7) is 1.51. The van der Waals surface area contributed by atoms with E-state index >= 15 is 0 Å². The molecule has 0 unspecified atom stereocenters. The lowest BCUT2D eigenvalue weighted by atomic mass is 10.2. The van der Waals surface area contributed by atoms with Crippen LogP contribution in [0.15, 0.2) is 18.2 Å². The summed E-state index contributed by atoms with van der Waals surface area (Å²) >= 11 is 11.7. The van der Waals surface area contributed by atoms with E-state index in [1.807, 2.05) is 0 Å². The van der Waals surface area contributed by atoms with E-state index < -0.39 is 24.0 Å². The predicted octanol–water partition coefficient (Wildman–Crippen LogP) is 2.20. The van der Waals surface area contributed by atoms with E-state index in [0.717, 1.165) is 4.90 Å². The fourth-order valence-electron chi connectivity index (χ4n) is 2.24. The Bertz CT molecular complexity index is 704. The van der Waals surface area contributed by atoms with Gasteiger partial charge in [0.1, 0.15) is 0 Å². The molecular formula is C16H17Cl2N3O5. The molecule has 1 aromatic rings. The summed E-state index contributed by atoms with van der Waals surface area (Å²) in [4.78, 5) is 47.7. The fraction of sp³-hybridized carbons (Fsp3) is 0.375. The molecule has 1 atom stereocenters. The number of rotatable bonds is 7. The summed E-state index contributed by atoms with van der Waals surface area (Å²) in [5, 5.41) is 5.65. The number of ether oxygens (including phenoxy) is 1. The maximum atomic E-state index is 12.1. The number of amides is 4. The van der Waals surface area contributed by atoms with Crippen LogP contribution in [0.1, 0.15) is 19.8 Å². The Kier molecular flexibility index (Phi) is 6.82. The van der Waals surface area contributed by atoms with E-state index in [4.69, 9.17) is 27.9 Å². The highest BCUT2D eigenvalue weighted by atomic mass is 35.5. The molecule has 1 fully saturated rings. The molecule has 0 radical (unpaired) electrons. The zero-order chi connectivity index (χ0) is 19.3. The van der Waals surface area contributed by atoms with Gasteiger partial charge in [0.05, 0.1) is 6.54 Å². The second kappa shape index (κ2) is 8.86. The van der Waals surface area contributed by atoms with Crippen molar-refractivity contribution in [3.63, 3.8) is 0 Å². The average molecular weight is 402 g/mol. The summed E-state index contributed by atoms with van der Waals surface area (Å²) in [7, 11) is 0. The Labute approximate surface area is 159 Å². The molecule has 0 spiro atoms. The van der Waals surface area contributed by atoms with Crippen molar-refractivity contribution in [2.24, 2.45) is 0 Å². The monoisotopic (exact) mass is 401 g/mol. The second-order valence-corrected chi connectivity index (χ2v) is 6.46. The molecule has 26 heavy (non-hydrogen) atoms. The number of nitrogens with zero attached hydrogens (tertiary/aromatic N) is 1.